The molecule has 0 bridgehead atoms. The summed E-state index contributed by atoms with van der Waals surface area (Å²) in [5.41, 5.74) is 2.23. The first-order valence-corrected chi connectivity index (χ1v) is 11.2. The van der Waals surface area contributed by atoms with Gasteiger partial charge in [0.15, 0.2) is 11.0 Å². The van der Waals surface area contributed by atoms with Crippen molar-refractivity contribution in [1.29, 1.82) is 0 Å². The second kappa shape index (κ2) is 9.78. The van der Waals surface area contributed by atoms with E-state index in [4.69, 9.17) is 9.47 Å². The fourth-order valence-electron chi connectivity index (χ4n) is 3.44. The molecule has 0 aliphatic carbocycles. The molecule has 33 heavy (non-hydrogen) atoms. The quantitative estimate of drug-likeness (QED) is 0.173. The van der Waals surface area contributed by atoms with E-state index in [0.717, 1.165) is 11.1 Å². The second-order valence-electron chi connectivity index (χ2n) is 6.96. The van der Waals surface area contributed by atoms with Crippen molar-refractivity contribution in [3.63, 3.8) is 0 Å². The van der Waals surface area contributed by atoms with Crippen LogP contribution in [-0.2, 0) is 16.1 Å². The molecule has 2 heterocycles. The molecule has 0 spiro atoms. The maximum absolute atomic E-state index is 12.5. The zero-order valence-corrected chi connectivity index (χ0v) is 19.2. The largest absolute Gasteiger partial charge is 0.510 e. The van der Waals surface area contributed by atoms with Crippen molar-refractivity contribution in [2.45, 2.75) is 18.6 Å². The van der Waals surface area contributed by atoms with Crippen LogP contribution in [0.1, 0.15) is 12.7 Å². The third kappa shape index (κ3) is 4.42. The Morgan fingerprint density at radius 2 is 1.88 bits per heavy atom. The summed E-state index contributed by atoms with van der Waals surface area (Å²) >= 11 is 1.26. The van der Waals surface area contributed by atoms with Crippen LogP contribution < -0.4 is 4.74 Å². The number of hydrogen-bond donors (Lipinski definition) is 2. The fraction of sp³-hybridized carbons (Fsp3) is 0.217. The highest BCUT2D eigenvalue weighted by Gasteiger charge is 2.23. The van der Waals surface area contributed by atoms with Crippen molar-refractivity contribution >= 4 is 34.3 Å². The number of para-hydroxylation sites is 3. The number of carbonyl (C=O) groups excluding carboxylic acids is 1. The van der Waals surface area contributed by atoms with Crippen LogP contribution in [0.15, 0.2) is 59.4 Å². The molecule has 2 aromatic heterocycles. The predicted octanol–water partition coefficient (Wildman–Crippen LogP) is 4.08. The summed E-state index contributed by atoms with van der Waals surface area (Å²) < 4.78 is 12.3. The van der Waals surface area contributed by atoms with E-state index in [-0.39, 0.29) is 22.9 Å². The highest BCUT2D eigenvalue weighted by molar-refractivity contribution is 7.99. The maximum atomic E-state index is 12.5. The Hall–Kier alpha value is -3.79. The Bertz CT molecular complexity index is 1290. The predicted molar refractivity (Wildman–Crippen MR) is 126 cm³/mol. The van der Waals surface area contributed by atoms with E-state index in [1.165, 1.54) is 18.9 Å². The number of thioether (sulfide) groups is 1. The van der Waals surface area contributed by atoms with Gasteiger partial charge < -0.3 is 24.1 Å². The number of rotatable bonds is 8. The Labute approximate surface area is 194 Å². The highest BCUT2D eigenvalue weighted by atomic mass is 32.2. The Morgan fingerprint density at radius 1 is 1.12 bits per heavy atom. The monoisotopic (exact) mass is 465 g/mol. The van der Waals surface area contributed by atoms with Gasteiger partial charge in [-0.05, 0) is 31.2 Å². The third-order valence-electron chi connectivity index (χ3n) is 5.02. The van der Waals surface area contributed by atoms with E-state index in [1.807, 2.05) is 60.0 Å². The standard InChI is InChI=1S/C23H23N5O4S/c1-4-28-21(14-9-5-8-12-18(14)31-2)26-27-23(28)33-13-17(29)19(22(30)32-3)20-24-15-10-6-7-11-16(15)25-20/h5-12,29H,4,13H2,1-3H3,(H,24,25)/b19-17+. The number of benzene rings is 2. The van der Waals surface area contributed by atoms with Crippen LogP contribution in [-0.4, -0.2) is 55.8 Å². The SMILES string of the molecule is CCn1c(SC/C(O)=C(\C(=O)OC)c2nc3ccccc3[nH]2)nnc1-c1ccccc1OC. The van der Waals surface area contributed by atoms with E-state index in [0.29, 0.717) is 28.8 Å². The first kappa shape index (κ1) is 22.4. The number of ether oxygens (including phenoxy) is 2. The highest BCUT2D eigenvalue weighted by Crippen LogP contribution is 2.32. The number of aromatic amines is 1. The lowest BCUT2D eigenvalue weighted by molar-refractivity contribution is -0.133. The van der Waals surface area contributed by atoms with Gasteiger partial charge >= 0.3 is 5.97 Å². The van der Waals surface area contributed by atoms with Crippen LogP contribution in [0.4, 0.5) is 0 Å². The number of fused-ring (bicyclic) bond motifs is 1. The van der Waals surface area contributed by atoms with E-state index >= 15 is 0 Å². The number of aliphatic hydroxyl groups is 1. The number of nitrogens with zero attached hydrogens (tertiary/aromatic N) is 4. The van der Waals surface area contributed by atoms with Gasteiger partial charge in [0.05, 0.1) is 36.6 Å². The fourth-order valence-corrected chi connectivity index (χ4v) is 4.32. The minimum Gasteiger partial charge on any atom is -0.510 e. The third-order valence-corrected chi connectivity index (χ3v) is 6.00. The summed E-state index contributed by atoms with van der Waals surface area (Å²) in [4.78, 5) is 20.0. The molecular formula is C23H23N5O4S. The van der Waals surface area contributed by atoms with Crippen LogP contribution in [0.3, 0.4) is 0 Å². The zero-order chi connectivity index (χ0) is 23.4. The van der Waals surface area contributed by atoms with Gasteiger partial charge in [0.2, 0.25) is 0 Å². The van der Waals surface area contributed by atoms with Crippen molar-refractivity contribution in [3.05, 3.63) is 60.1 Å². The molecule has 170 valence electrons. The van der Waals surface area contributed by atoms with E-state index in [1.54, 1.807) is 7.11 Å². The van der Waals surface area contributed by atoms with Crippen LogP contribution in [0, 0.1) is 0 Å². The summed E-state index contributed by atoms with van der Waals surface area (Å²) in [5, 5.41) is 20.1. The molecule has 0 saturated heterocycles. The van der Waals surface area contributed by atoms with Gasteiger partial charge in [-0.25, -0.2) is 9.78 Å². The van der Waals surface area contributed by atoms with Gasteiger partial charge in [-0.15, -0.1) is 10.2 Å². The van der Waals surface area contributed by atoms with Gasteiger partial charge in [0.1, 0.15) is 22.9 Å². The van der Waals surface area contributed by atoms with Crippen molar-refractivity contribution in [2.24, 2.45) is 0 Å². The van der Waals surface area contributed by atoms with Crippen LogP contribution >= 0.6 is 11.8 Å². The Balaban J connectivity index is 1.65. The minimum atomic E-state index is -0.682. The lowest BCUT2D eigenvalue weighted by atomic mass is 10.2. The van der Waals surface area contributed by atoms with Crippen molar-refractivity contribution in [1.82, 2.24) is 24.7 Å². The van der Waals surface area contributed by atoms with E-state index in [2.05, 4.69) is 20.2 Å². The van der Waals surface area contributed by atoms with Crippen LogP contribution in [0.25, 0.3) is 28.0 Å². The van der Waals surface area contributed by atoms with E-state index < -0.39 is 5.97 Å². The number of H-pyrrole nitrogens is 1. The number of methoxy groups -OCH3 is 2. The van der Waals surface area contributed by atoms with Crippen LogP contribution in [0.5, 0.6) is 5.75 Å². The average molecular weight is 466 g/mol. The first-order chi connectivity index (χ1) is 16.1. The van der Waals surface area contributed by atoms with Gasteiger partial charge in [-0.2, -0.15) is 0 Å². The second-order valence-corrected chi connectivity index (χ2v) is 7.90. The molecular weight excluding hydrogens is 442 g/mol. The molecule has 0 aliphatic heterocycles. The van der Waals surface area contributed by atoms with Gasteiger partial charge in [-0.3, -0.25) is 0 Å². The smallest absolute Gasteiger partial charge is 0.345 e. The molecule has 2 N–H and O–H groups in total. The van der Waals surface area contributed by atoms with Crippen molar-refractivity contribution < 1.29 is 19.4 Å². The summed E-state index contributed by atoms with van der Waals surface area (Å²) in [5.74, 6) is 0.816. The van der Waals surface area contributed by atoms with Crippen molar-refractivity contribution in [2.75, 3.05) is 20.0 Å². The number of hydrogen-bond acceptors (Lipinski definition) is 8. The average Bonchev–Trinajstić information content (AvgIpc) is 3.46. The summed E-state index contributed by atoms with van der Waals surface area (Å²) in [7, 11) is 2.87. The number of esters is 1. The van der Waals surface area contributed by atoms with Crippen LogP contribution in [0.2, 0.25) is 0 Å². The van der Waals surface area contributed by atoms with E-state index in [9.17, 15) is 9.90 Å². The zero-order valence-electron chi connectivity index (χ0n) is 18.4. The molecule has 10 heteroatoms. The molecule has 9 nitrogen and oxygen atoms in total. The first-order valence-electron chi connectivity index (χ1n) is 10.2. The molecule has 0 unspecified atom stereocenters. The maximum Gasteiger partial charge on any atom is 0.345 e. The summed E-state index contributed by atoms with van der Waals surface area (Å²) in [6.45, 7) is 2.59. The number of carbonyl (C=O) groups is 1. The van der Waals surface area contributed by atoms with Gasteiger partial charge in [-0.1, -0.05) is 36.0 Å². The summed E-state index contributed by atoms with van der Waals surface area (Å²) in [6.07, 6.45) is 0. The summed E-state index contributed by atoms with van der Waals surface area (Å²) in [6, 6.07) is 14.9. The molecule has 0 radical (unpaired) electrons. The molecule has 4 aromatic rings. The minimum absolute atomic E-state index is 0.0197. The molecule has 0 atom stereocenters. The van der Waals surface area contributed by atoms with Gasteiger partial charge in [0, 0.05) is 6.54 Å². The molecule has 4 rings (SSSR count). The van der Waals surface area contributed by atoms with Gasteiger partial charge in [0.25, 0.3) is 0 Å². The topological polar surface area (TPSA) is 115 Å². The van der Waals surface area contributed by atoms with Crippen molar-refractivity contribution in [3.8, 4) is 17.1 Å². The Kier molecular flexibility index (Phi) is 6.64. The normalized spacial score (nSPS) is 12.0. The number of aromatic nitrogens is 5. The number of nitrogens with one attached hydrogen (secondary N) is 1. The molecule has 0 saturated carbocycles. The molecule has 0 fully saturated rings. The number of imidazole rings is 1. The molecule has 0 aliphatic rings. The number of aliphatic hydroxyl groups excluding tert-OH is 1. The molecule has 2 aromatic carbocycles. The Morgan fingerprint density at radius 3 is 2.61 bits per heavy atom. The lowest BCUT2D eigenvalue weighted by Gasteiger charge is -2.11. The molecule has 0 amide bonds. The lowest BCUT2D eigenvalue weighted by Crippen LogP contribution is -2.10.